The Kier molecular flexibility index (Phi) is 4.69. The first kappa shape index (κ1) is 18.8. The maximum Gasteiger partial charge on any atom is 0.308 e. The summed E-state index contributed by atoms with van der Waals surface area (Å²) in [6.07, 6.45) is 10.9. The molecule has 0 aromatic carbocycles. The van der Waals surface area contributed by atoms with Crippen molar-refractivity contribution in [2.24, 2.45) is 46.3 Å². The Bertz CT molecular complexity index is 560. The molecule has 0 aliphatic heterocycles. The highest BCUT2D eigenvalue weighted by Crippen LogP contribution is 2.68. The summed E-state index contributed by atoms with van der Waals surface area (Å²) in [4.78, 5) is 12.2. The highest BCUT2D eigenvalue weighted by atomic mass is 16.5. The minimum absolute atomic E-state index is 0.0177. The van der Waals surface area contributed by atoms with E-state index in [2.05, 4.69) is 20.8 Å². The van der Waals surface area contributed by atoms with Gasteiger partial charge in [0.25, 0.3) is 0 Å². The fourth-order valence-electron chi connectivity index (χ4n) is 8.45. The summed E-state index contributed by atoms with van der Waals surface area (Å²) < 4.78 is 5.09. The summed E-state index contributed by atoms with van der Waals surface area (Å²) in [5.74, 6) is 3.67. The zero-order valence-corrected chi connectivity index (χ0v) is 17.2. The van der Waals surface area contributed by atoms with Gasteiger partial charge in [0.05, 0.1) is 19.1 Å². The predicted octanol–water partition coefficient (Wildman–Crippen LogP) is 4.82. The molecule has 0 aromatic heterocycles. The van der Waals surface area contributed by atoms with Crippen molar-refractivity contribution >= 4 is 5.97 Å². The fourth-order valence-corrected chi connectivity index (χ4v) is 8.45. The molecule has 3 nitrogen and oxygen atoms in total. The molecule has 0 saturated heterocycles. The number of fused-ring (bicyclic) bond motifs is 5. The van der Waals surface area contributed by atoms with Gasteiger partial charge in [0.1, 0.15) is 0 Å². The van der Waals surface area contributed by atoms with Gasteiger partial charge >= 0.3 is 5.97 Å². The van der Waals surface area contributed by atoms with E-state index in [4.69, 9.17) is 4.74 Å². The van der Waals surface area contributed by atoms with E-state index >= 15 is 0 Å². The molecule has 0 heterocycles. The van der Waals surface area contributed by atoms with Gasteiger partial charge in [0.15, 0.2) is 0 Å². The van der Waals surface area contributed by atoms with Crippen LogP contribution in [0.2, 0.25) is 0 Å². The molecule has 4 aliphatic rings. The maximum atomic E-state index is 12.2. The van der Waals surface area contributed by atoms with E-state index in [1.54, 1.807) is 0 Å². The van der Waals surface area contributed by atoms with Crippen molar-refractivity contribution in [2.45, 2.75) is 84.7 Å². The van der Waals surface area contributed by atoms with Crippen molar-refractivity contribution in [2.75, 3.05) is 7.11 Å². The van der Waals surface area contributed by atoms with Crippen LogP contribution in [0.5, 0.6) is 0 Å². The summed E-state index contributed by atoms with van der Waals surface area (Å²) >= 11 is 0. The average Bonchev–Trinajstić information content (AvgIpc) is 2.98. The second-order valence-electron chi connectivity index (χ2n) is 10.6. The van der Waals surface area contributed by atoms with E-state index in [0.29, 0.717) is 16.7 Å². The molecule has 4 aliphatic carbocycles. The molecule has 4 rings (SSSR count). The normalized spacial score (nSPS) is 51.7. The number of methoxy groups -OCH3 is 1. The highest BCUT2D eigenvalue weighted by Gasteiger charge is 2.61. The summed E-state index contributed by atoms with van der Waals surface area (Å²) in [6.45, 7) is 7.13. The predicted molar refractivity (Wildman–Crippen MR) is 102 cm³/mol. The lowest BCUT2D eigenvalue weighted by molar-refractivity contribution is -0.153. The monoisotopic (exact) mass is 362 g/mol. The topological polar surface area (TPSA) is 46.5 Å². The van der Waals surface area contributed by atoms with E-state index < -0.39 is 0 Å². The number of esters is 1. The molecule has 0 spiro atoms. The summed E-state index contributed by atoms with van der Waals surface area (Å²) in [5.41, 5.74) is 0.752. The molecule has 0 amide bonds. The third-order valence-corrected chi connectivity index (χ3v) is 9.89. The lowest BCUT2D eigenvalue weighted by Gasteiger charge is -2.61. The van der Waals surface area contributed by atoms with Crippen LogP contribution in [0.4, 0.5) is 0 Å². The van der Waals surface area contributed by atoms with Gasteiger partial charge in [-0.3, -0.25) is 4.79 Å². The molecule has 9 atom stereocenters. The van der Waals surface area contributed by atoms with Gasteiger partial charge in [-0.1, -0.05) is 20.8 Å². The van der Waals surface area contributed by atoms with E-state index in [1.165, 1.54) is 52.1 Å². The van der Waals surface area contributed by atoms with Crippen molar-refractivity contribution in [3.8, 4) is 0 Å². The van der Waals surface area contributed by atoms with Gasteiger partial charge in [-0.25, -0.2) is 0 Å². The molecule has 26 heavy (non-hydrogen) atoms. The van der Waals surface area contributed by atoms with Gasteiger partial charge in [-0.05, 0) is 98.2 Å². The first-order valence-corrected chi connectivity index (χ1v) is 11.1. The van der Waals surface area contributed by atoms with Crippen molar-refractivity contribution in [1.82, 2.24) is 0 Å². The molecule has 4 saturated carbocycles. The Balaban J connectivity index is 1.57. The minimum Gasteiger partial charge on any atom is -0.469 e. The number of ether oxygens (including phenoxy) is 1. The Labute approximate surface area is 159 Å². The number of aliphatic hydroxyl groups excluding tert-OH is 1. The molecule has 0 unspecified atom stereocenters. The smallest absolute Gasteiger partial charge is 0.308 e. The average molecular weight is 363 g/mol. The third-order valence-electron chi connectivity index (χ3n) is 9.89. The molecule has 0 bridgehead atoms. The van der Waals surface area contributed by atoms with Crippen LogP contribution in [0, 0.1) is 46.3 Å². The van der Waals surface area contributed by atoms with E-state index in [9.17, 15) is 9.90 Å². The first-order chi connectivity index (χ1) is 12.3. The van der Waals surface area contributed by atoms with Crippen LogP contribution < -0.4 is 0 Å². The standard InChI is InChI=1S/C23H38O3/c1-14(21(25)26-4)18-7-8-19-17-6-5-15-13-16(24)9-11-22(15,2)20(17)10-12-23(18,19)3/h14-20,24H,5-13H2,1-4H3/t14-,15-,16-,17-,18+,19-,20-,22-,23+/m0/s1. The van der Waals surface area contributed by atoms with Crippen LogP contribution in [-0.4, -0.2) is 24.3 Å². The van der Waals surface area contributed by atoms with Gasteiger partial charge in [0.2, 0.25) is 0 Å². The Morgan fingerprint density at radius 2 is 1.69 bits per heavy atom. The third kappa shape index (κ3) is 2.59. The Morgan fingerprint density at radius 1 is 1.00 bits per heavy atom. The second kappa shape index (κ2) is 6.50. The molecule has 0 radical (unpaired) electrons. The Hall–Kier alpha value is -0.570. The van der Waals surface area contributed by atoms with Crippen molar-refractivity contribution < 1.29 is 14.6 Å². The minimum atomic E-state index is -0.0600. The quantitative estimate of drug-likeness (QED) is 0.717. The van der Waals surface area contributed by atoms with Crippen molar-refractivity contribution in [3.63, 3.8) is 0 Å². The molecule has 148 valence electrons. The maximum absolute atomic E-state index is 12.2. The van der Waals surface area contributed by atoms with Crippen LogP contribution in [0.1, 0.15) is 78.6 Å². The number of aliphatic hydroxyl groups is 1. The highest BCUT2D eigenvalue weighted by molar-refractivity contribution is 5.72. The number of rotatable bonds is 2. The molecule has 0 aromatic rings. The Morgan fingerprint density at radius 3 is 2.42 bits per heavy atom. The molecule has 1 N–H and O–H groups in total. The summed E-state index contributed by atoms with van der Waals surface area (Å²) in [5, 5.41) is 10.2. The van der Waals surface area contributed by atoms with Gasteiger partial charge in [0, 0.05) is 0 Å². The van der Waals surface area contributed by atoms with Gasteiger partial charge in [-0.15, -0.1) is 0 Å². The lowest BCUT2D eigenvalue weighted by atomic mass is 9.44. The number of carbonyl (C=O) groups excluding carboxylic acids is 1. The van der Waals surface area contributed by atoms with E-state index in [-0.39, 0.29) is 18.0 Å². The van der Waals surface area contributed by atoms with Gasteiger partial charge < -0.3 is 9.84 Å². The van der Waals surface area contributed by atoms with E-state index in [1.807, 2.05) is 0 Å². The SMILES string of the molecule is COC(=O)[C@@H](C)[C@H]1CC[C@H]2[C@@H]3CC[C@H]4C[C@@H](O)CC[C@]4(C)[C@H]3CC[C@]12C. The summed E-state index contributed by atoms with van der Waals surface area (Å²) in [6, 6.07) is 0. The molecular weight excluding hydrogens is 324 g/mol. The molecule has 4 fully saturated rings. The number of carbonyl (C=O) groups is 1. The van der Waals surface area contributed by atoms with E-state index in [0.717, 1.165) is 36.5 Å². The van der Waals surface area contributed by atoms with Gasteiger partial charge in [-0.2, -0.15) is 0 Å². The van der Waals surface area contributed by atoms with Crippen LogP contribution in [-0.2, 0) is 9.53 Å². The lowest BCUT2D eigenvalue weighted by Crippen LogP contribution is -2.54. The molecular formula is C23H38O3. The summed E-state index contributed by atoms with van der Waals surface area (Å²) in [7, 11) is 1.53. The van der Waals surface area contributed by atoms with Crippen molar-refractivity contribution in [1.29, 1.82) is 0 Å². The zero-order chi connectivity index (χ0) is 18.7. The zero-order valence-electron chi connectivity index (χ0n) is 17.2. The molecule has 3 heteroatoms. The van der Waals surface area contributed by atoms with Crippen LogP contribution >= 0.6 is 0 Å². The van der Waals surface area contributed by atoms with Crippen LogP contribution in [0.25, 0.3) is 0 Å². The van der Waals surface area contributed by atoms with Crippen LogP contribution in [0.15, 0.2) is 0 Å². The number of hydrogen-bond donors (Lipinski definition) is 1. The largest absolute Gasteiger partial charge is 0.469 e. The second-order valence-corrected chi connectivity index (χ2v) is 10.6. The fraction of sp³-hybridized carbons (Fsp3) is 0.957. The number of hydrogen-bond acceptors (Lipinski definition) is 3. The first-order valence-electron chi connectivity index (χ1n) is 11.1. The van der Waals surface area contributed by atoms with Crippen molar-refractivity contribution in [3.05, 3.63) is 0 Å². The van der Waals surface area contributed by atoms with Crippen LogP contribution in [0.3, 0.4) is 0 Å².